The monoisotopic (exact) mass is 519 g/mol. The maximum atomic E-state index is 13.4. The molecular weight excluding hydrogens is 494 g/mol. The molecule has 2 aromatic heterocycles. The second-order valence-corrected chi connectivity index (χ2v) is 11.3. The standard InChI is InChI=1S/C27H25N3O4S2/c1-3-34-18-30(36(32,33)26-9-4-5-14-28-26)22-8-6-7-19(16-22)24-12-13-25(35-24)20-10-11-23-21(15-20)17-29(2)27(23)31/h4-16H,3,17-18H2,1-2H3. The molecule has 0 spiro atoms. The summed E-state index contributed by atoms with van der Waals surface area (Å²) in [4.78, 5) is 20.1. The van der Waals surface area contributed by atoms with E-state index in [-0.39, 0.29) is 17.7 Å². The predicted octanol–water partition coefficient (Wildman–Crippen LogP) is 5.25. The summed E-state index contributed by atoms with van der Waals surface area (Å²) in [6.45, 7) is 2.70. The quantitative estimate of drug-likeness (QED) is 0.297. The van der Waals surface area contributed by atoms with Crippen molar-refractivity contribution in [2.45, 2.75) is 18.5 Å². The van der Waals surface area contributed by atoms with Gasteiger partial charge in [0.05, 0.1) is 5.69 Å². The normalized spacial score (nSPS) is 13.2. The number of hydrogen-bond acceptors (Lipinski definition) is 6. The lowest BCUT2D eigenvalue weighted by atomic mass is 10.1. The van der Waals surface area contributed by atoms with Crippen molar-refractivity contribution in [3.05, 3.63) is 90.1 Å². The molecule has 0 N–H and O–H groups in total. The molecule has 0 bridgehead atoms. The third-order valence-electron chi connectivity index (χ3n) is 6.00. The lowest BCUT2D eigenvalue weighted by Crippen LogP contribution is -2.33. The molecule has 1 aliphatic rings. The fourth-order valence-corrected chi connectivity index (χ4v) is 6.42. The van der Waals surface area contributed by atoms with Crippen LogP contribution in [-0.4, -0.2) is 44.6 Å². The van der Waals surface area contributed by atoms with Gasteiger partial charge in [-0.25, -0.2) is 9.29 Å². The van der Waals surface area contributed by atoms with Gasteiger partial charge in [0, 0.05) is 41.7 Å². The topological polar surface area (TPSA) is 79.8 Å². The summed E-state index contributed by atoms with van der Waals surface area (Å²) >= 11 is 1.62. The van der Waals surface area contributed by atoms with E-state index in [1.165, 1.54) is 16.6 Å². The highest BCUT2D eigenvalue weighted by Gasteiger charge is 2.27. The summed E-state index contributed by atoms with van der Waals surface area (Å²) in [7, 11) is -2.10. The van der Waals surface area contributed by atoms with Crippen molar-refractivity contribution in [1.29, 1.82) is 0 Å². The van der Waals surface area contributed by atoms with Crippen LogP contribution < -0.4 is 4.31 Å². The number of sulfonamides is 1. The van der Waals surface area contributed by atoms with Gasteiger partial charge < -0.3 is 9.64 Å². The van der Waals surface area contributed by atoms with Crippen LogP contribution in [0.25, 0.3) is 20.9 Å². The van der Waals surface area contributed by atoms with Crippen LogP contribution >= 0.6 is 11.3 Å². The molecule has 0 aliphatic carbocycles. The minimum atomic E-state index is -3.91. The lowest BCUT2D eigenvalue weighted by molar-refractivity contribution is 0.0816. The van der Waals surface area contributed by atoms with E-state index in [0.717, 1.165) is 32.0 Å². The Kier molecular flexibility index (Phi) is 6.61. The second kappa shape index (κ2) is 9.85. The van der Waals surface area contributed by atoms with Crippen LogP contribution in [0.4, 0.5) is 5.69 Å². The number of carbonyl (C=O) groups excluding carboxylic acids is 1. The number of aromatic nitrogens is 1. The number of rotatable bonds is 8. The summed E-state index contributed by atoms with van der Waals surface area (Å²) in [5.41, 5.74) is 4.25. The van der Waals surface area contributed by atoms with Crippen molar-refractivity contribution >= 4 is 33.0 Å². The van der Waals surface area contributed by atoms with Crippen molar-refractivity contribution in [3.63, 3.8) is 0 Å². The SMILES string of the molecule is CCOCN(c1cccc(-c2ccc(-c3ccc4c(c3)CN(C)C4=O)s2)c1)S(=O)(=O)c1ccccn1. The van der Waals surface area contributed by atoms with Crippen molar-refractivity contribution in [3.8, 4) is 20.9 Å². The molecule has 184 valence electrons. The van der Waals surface area contributed by atoms with Gasteiger partial charge in [0.1, 0.15) is 6.73 Å². The van der Waals surface area contributed by atoms with Crippen LogP contribution in [0.15, 0.2) is 84.0 Å². The van der Waals surface area contributed by atoms with E-state index in [1.807, 2.05) is 43.3 Å². The summed E-state index contributed by atoms with van der Waals surface area (Å²) in [5.74, 6) is 0.0532. The van der Waals surface area contributed by atoms with E-state index < -0.39 is 10.0 Å². The van der Waals surface area contributed by atoms with Crippen LogP contribution in [0.2, 0.25) is 0 Å². The molecule has 0 fully saturated rings. The second-order valence-electron chi connectivity index (χ2n) is 8.39. The molecule has 0 unspecified atom stereocenters. The number of ether oxygens (including phenoxy) is 1. The molecule has 4 aromatic rings. The van der Waals surface area contributed by atoms with Crippen LogP contribution in [0.5, 0.6) is 0 Å². The van der Waals surface area contributed by atoms with E-state index in [4.69, 9.17) is 4.74 Å². The molecular formula is C27H25N3O4S2. The number of amides is 1. The van der Waals surface area contributed by atoms with Gasteiger partial charge in [0.25, 0.3) is 15.9 Å². The van der Waals surface area contributed by atoms with Crippen molar-refractivity contribution < 1.29 is 17.9 Å². The predicted molar refractivity (Wildman–Crippen MR) is 141 cm³/mol. The molecule has 9 heteroatoms. The van der Waals surface area contributed by atoms with Gasteiger partial charge in [-0.15, -0.1) is 11.3 Å². The average molecular weight is 520 g/mol. The Bertz CT molecular complexity index is 1520. The Morgan fingerprint density at radius 1 is 1.00 bits per heavy atom. The Hall–Kier alpha value is -3.53. The highest BCUT2D eigenvalue weighted by molar-refractivity contribution is 7.92. The molecule has 7 nitrogen and oxygen atoms in total. The summed E-state index contributed by atoms with van der Waals surface area (Å²) in [6, 6.07) is 22.2. The van der Waals surface area contributed by atoms with Gasteiger partial charge >= 0.3 is 0 Å². The van der Waals surface area contributed by atoms with E-state index in [2.05, 4.69) is 17.1 Å². The van der Waals surface area contributed by atoms with Crippen LogP contribution in [0.3, 0.4) is 0 Å². The van der Waals surface area contributed by atoms with Gasteiger partial charge in [0.2, 0.25) is 0 Å². The summed E-state index contributed by atoms with van der Waals surface area (Å²) in [6.07, 6.45) is 1.46. The van der Waals surface area contributed by atoms with E-state index in [1.54, 1.807) is 41.5 Å². The molecule has 0 radical (unpaired) electrons. The fourth-order valence-electron chi connectivity index (χ4n) is 4.15. The molecule has 36 heavy (non-hydrogen) atoms. The first-order valence-electron chi connectivity index (χ1n) is 11.5. The number of fused-ring (bicyclic) bond motifs is 1. The number of pyridine rings is 1. The zero-order valence-electron chi connectivity index (χ0n) is 19.9. The molecule has 1 amide bonds. The number of nitrogens with zero attached hydrogens (tertiary/aromatic N) is 3. The average Bonchev–Trinajstić information content (AvgIpc) is 3.50. The summed E-state index contributed by atoms with van der Waals surface area (Å²) < 4.78 is 33.5. The van der Waals surface area contributed by atoms with Gasteiger partial charge in [0.15, 0.2) is 5.03 Å². The number of carbonyl (C=O) groups is 1. The first-order chi connectivity index (χ1) is 17.4. The maximum absolute atomic E-state index is 13.4. The van der Waals surface area contributed by atoms with Gasteiger partial charge in [-0.05, 0) is 72.1 Å². The molecule has 1 aliphatic heterocycles. The molecule has 0 saturated heterocycles. The smallest absolute Gasteiger partial charge is 0.283 e. The molecule has 0 atom stereocenters. The molecule has 0 saturated carbocycles. The highest BCUT2D eigenvalue weighted by atomic mass is 32.2. The largest absolute Gasteiger partial charge is 0.360 e. The Balaban J connectivity index is 1.47. The number of hydrogen-bond donors (Lipinski definition) is 0. The van der Waals surface area contributed by atoms with Crippen molar-refractivity contribution in [2.75, 3.05) is 24.7 Å². The minimum Gasteiger partial charge on any atom is -0.360 e. The highest BCUT2D eigenvalue weighted by Crippen LogP contribution is 2.37. The minimum absolute atomic E-state index is 0.0331. The number of thiophene rings is 1. The van der Waals surface area contributed by atoms with E-state index in [9.17, 15) is 13.2 Å². The van der Waals surface area contributed by atoms with Crippen molar-refractivity contribution in [1.82, 2.24) is 9.88 Å². The third kappa shape index (κ3) is 4.53. The number of anilines is 1. The van der Waals surface area contributed by atoms with Gasteiger partial charge in [-0.2, -0.15) is 8.42 Å². The van der Waals surface area contributed by atoms with Crippen molar-refractivity contribution in [2.24, 2.45) is 0 Å². The molecule has 5 rings (SSSR count). The van der Waals surface area contributed by atoms with Gasteiger partial charge in [-0.1, -0.05) is 24.3 Å². The Morgan fingerprint density at radius 3 is 2.50 bits per heavy atom. The fraction of sp³-hybridized carbons (Fsp3) is 0.185. The van der Waals surface area contributed by atoms with Crippen LogP contribution in [0.1, 0.15) is 22.8 Å². The molecule has 3 heterocycles. The van der Waals surface area contributed by atoms with E-state index >= 15 is 0 Å². The maximum Gasteiger partial charge on any atom is 0.283 e. The zero-order chi connectivity index (χ0) is 25.3. The van der Waals surface area contributed by atoms with E-state index in [0.29, 0.717) is 18.8 Å². The summed E-state index contributed by atoms with van der Waals surface area (Å²) in [5, 5.41) is -0.0331. The third-order valence-corrected chi connectivity index (χ3v) is 8.85. The zero-order valence-corrected chi connectivity index (χ0v) is 21.6. The Morgan fingerprint density at radius 2 is 1.78 bits per heavy atom. The van der Waals surface area contributed by atoms with Gasteiger partial charge in [-0.3, -0.25) is 4.79 Å². The molecule has 2 aromatic carbocycles. The van der Waals surface area contributed by atoms with Crippen LogP contribution in [-0.2, 0) is 21.3 Å². The lowest BCUT2D eigenvalue weighted by Gasteiger charge is -2.24. The first kappa shape index (κ1) is 24.2. The number of benzene rings is 2. The first-order valence-corrected chi connectivity index (χ1v) is 13.7. The van der Waals surface area contributed by atoms with Crippen LogP contribution in [0, 0.1) is 0 Å². The Labute approximate surface area is 214 Å².